The van der Waals surface area contributed by atoms with Crippen LogP contribution in [-0.2, 0) is 6.54 Å². The molecular formula is C11H10ClN5. The lowest BCUT2D eigenvalue weighted by atomic mass is 10.3. The van der Waals surface area contributed by atoms with Crippen molar-refractivity contribution in [1.29, 1.82) is 5.26 Å². The van der Waals surface area contributed by atoms with Crippen molar-refractivity contribution < 1.29 is 0 Å². The van der Waals surface area contributed by atoms with Crippen molar-refractivity contribution in [3.05, 3.63) is 35.2 Å². The maximum absolute atomic E-state index is 8.84. The van der Waals surface area contributed by atoms with Crippen molar-refractivity contribution in [2.45, 2.75) is 13.5 Å². The van der Waals surface area contributed by atoms with Gasteiger partial charge in [-0.25, -0.2) is 4.98 Å². The zero-order valence-corrected chi connectivity index (χ0v) is 9.94. The molecule has 0 unspecified atom stereocenters. The summed E-state index contributed by atoms with van der Waals surface area (Å²) in [5.74, 6) is 0.460. The highest BCUT2D eigenvalue weighted by Gasteiger charge is 2.08. The van der Waals surface area contributed by atoms with Crippen LogP contribution in [0, 0.1) is 11.3 Å². The van der Waals surface area contributed by atoms with Gasteiger partial charge in [-0.2, -0.15) is 10.4 Å². The smallest absolute Gasteiger partial charge is 0.150 e. The molecule has 2 aromatic rings. The first kappa shape index (κ1) is 11.4. The summed E-state index contributed by atoms with van der Waals surface area (Å²) in [7, 11) is 0. The summed E-state index contributed by atoms with van der Waals surface area (Å²) in [5.41, 5.74) is 1.18. The van der Waals surface area contributed by atoms with Gasteiger partial charge in [0.05, 0.1) is 17.4 Å². The van der Waals surface area contributed by atoms with Gasteiger partial charge in [-0.05, 0) is 13.0 Å². The van der Waals surface area contributed by atoms with E-state index in [1.807, 2.05) is 19.2 Å². The SMILES string of the molecule is CCn1cc(Nc2nccc(C#N)c2Cl)cn1. The van der Waals surface area contributed by atoms with Gasteiger partial charge in [0.1, 0.15) is 11.1 Å². The molecule has 0 aliphatic heterocycles. The third-order valence-corrected chi connectivity index (χ3v) is 2.61. The molecule has 0 fully saturated rings. The van der Waals surface area contributed by atoms with Gasteiger partial charge in [-0.3, -0.25) is 4.68 Å². The Morgan fingerprint density at radius 2 is 2.41 bits per heavy atom. The summed E-state index contributed by atoms with van der Waals surface area (Å²) in [6, 6.07) is 3.58. The quantitative estimate of drug-likeness (QED) is 0.905. The Morgan fingerprint density at radius 1 is 1.59 bits per heavy atom. The normalized spacial score (nSPS) is 9.94. The van der Waals surface area contributed by atoms with Crippen molar-refractivity contribution >= 4 is 23.1 Å². The minimum atomic E-state index is 0.319. The molecule has 5 nitrogen and oxygen atoms in total. The molecule has 0 spiro atoms. The summed E-state index contributed by atoms with van der Waals surface area (Å²) < 4.78 is 1.78. The molecule has 0 amide bonds. The monoisotopic (exact) mass is 247 g/mol. The molecule has 1 N–H and O–H groups in total. The molecule has 0 aliphatic carbocycles. The standard InChI is InChI=1S/C11H10ClN5/c1-2-17-7-9(6-15-17)16-11-10(12)8(5-13)3-4-14-11/h3-4,6-7H,2H2,1H3,(H,14,16). The van der Waals surface area contributed by atoms with Gasteiger partial charge >= 0.3 is 0 Å². The van der Waals surface area contributed by atoms with Crippen LogP contribution in [-0.4, -0.2) is 14.8 Å². The Kier molecular flexibility index (Phi) is 3.26. The number of hydrogen-bond acceptors (Lipinski definition) is 4. The van der Waals surface area contributed by atoms with Gasteiger partial charge in [0, 0.05) is 18.9 Å². The fraction of sp³-hybridized carbons (Fsp3) is 0.182. The minimum absolute atomic E-state index is 0.319. The van der Waals surface area contributed by atoms with Crippen LogP contribution in [0.5, 0.6) is 0 Å². The van der Waals surface area contributed by atoms with Gasteiger partial charge in [-0.1, -0.05) is 11.6 Å². The number of hydrogen-bond donors (Lipinski definition) is 1. The Hall–Kier alpha value is -2.06. The molecule has 0 atom stereocenters. The van der Waals surface area contributed by atoms with Crippen LogP contribution in [0.2, 0.25) is 5.02 Å². The number of nitriles is 1. The third-order valence-electron chi connectivity index (χ3n) is 2.23. The first-order valence-corrected chi connectivity index (χ1v) is 5.46. The van der Waals surface area contributed by atoms with Gasteiger partial charge < -0.3 is 5.32 Å². The number of aromatic nitrogens is 3. The number of anilines is 2. The van der Waals surface area contributed by atoms with Crippen molar-refractivity contribution in [3.63, 3.8) is 0 Å². The number of halogens is 1. The van der Waals surface area contributed by atoms with Crippen molar-refractivity contribution in [3.8, 4) is 6.07 Å². The summed E-state index contributed by atoms with van der Waals surface area (Å²) in [6.07, 6.45) is 5.06. The number of pyridine rings is 1. The second kappa shape index (κ2) is 4.85. The Morgan fingerprint density at radius 3 is 3.06 bits per heavy atom. The third kappa shape index (κ3) is 2.37. The molecular weight excluding hydrogens is 238 g/mol. The molecule has 0 radical (unpaired) electrons. The Bertz CT molecular complexity index is 569. The van der Waals surface area contributed by atoms with E-state index in [1.54, 1.807) is 16.9 Å². The van der Waals surface area contributed by atoms with E-state index in [1.165, 1.54) is 6.20 Å². The minimum Gasteiger partial charge on any atom is -0.336 e. The van der Waals surface area contributed by atoms with E-state index in [4.69, 9.17) is 16.9 Å². The Labute approximate surface area is 104 Å². The second-order valence-electron chi connectivity index (χ2n) is 3.34. The van der Waals surface area contributed by atoms with Gasteiger partial charge in [-0.15, -0.1) is 0 Å². The fourth-order valence-corrected chi connectivity index (χ4v) is 1.56. The Balaban J connectivity index is 2.27. The average molecular weight is 248 g/mol. The van der Waals surface area contributed by atoms with E-state index < -0.39 is 0 Å². The van der Waals surface area contributed by atoms with Crippen LogP contribution in [0.4, 0.5) is 11.5 Å². The largest absolute Gasteiger partial charge is 0.336 e. The maximum Gasteiger partial charge on any atom is 0.150 e. The maximum atomic E-state index is 8.84. The predicted octanol–water partition coefficient (Wildman–Crippen LogP) is 2.57. The van der Waals surface area contributed by atoms with E-state index in [0.29, 0.717) is 16.4 Å². The van der Waals surface area contributed by atoms with Crippen molar-refractivity contribution in [2.75, 3.05) is 5.32 Å². The molecule has 0 saturated carbocycles. The van der Waals surface area contributed by atoms with E-state index >= 15 is 0 Å². The summed E-state index contributed by atoms with van der Waals surface area (Å²) >= 11 is 6.02. The summed E-state index contributed by atoms with van der Waals surface area (Å²) in [4.78, 5) is 4.09. The highest BCUT2D eigenvalue weighted by Crippen LogP contribution is 2.25. The first-order valence-electron chi connectivity index (χ1n) is 5.08. The molecule has 17 heavy (non-hydrogen) atoms. The molecule has 6 heteroatoms. The summed E-state index contributed by atoms with van der Waals surface area (Å²) in [6.45, 7) is 2.79. The number of aryl methyl sites for hydroxylation is 1. The van der Waals surface area contributed by atoms with Crippen LogP contribution >= 0.6 is 11.6 Å². The van der Waals surface area contributed by atoms with Crippen LogP contribution in [0.25, 0.3) is 0 Å². The zero-order valence-electron chi connectivity index (χ0n) is 9.18. The van der Waals surface area contributed by atoms with Crippen LogP contribution < -0.4 is 5.32 Å². The number of rotatable bonds is 3. The fourth-order valence-electron chi connectivity index (χ4n) is 1.36. The zero-order chi connectivity index (χ0) is 12.3. The van der Waals surface area contributed by atoms with E-state index in [9.17, 15) is 0 Å². The lowest BCUT2D eigenvalue weighted by Crippen LogP contribution is -1.95. The topological polar surface area (TPSA) is 66.5 Å². The second-order valence-corrected chi connectivity index (χ2v) is 3.72. The van der Waals surface area contributed by atoms with Gasteiger partial charge in [0.2, 0.25) is 0 Å². The lowest BCUT2D eigenvalue weighted by molar-refractivity contribution is 0.660. The van der Waals surface area contributed by atoms with Gasteiger partial charge in [0.25, 0.3) is 0 Å². The molecule has 0 aromatic carbocycles. The van der Waals surface area contributed by atoms with Gasteiger partial charge in [0.15, 0.2) is 5.82 Å². The van der Waals surface area contributed by atoms with Crippen LogP contribution in [0.1, 0.15) is 12.5 Å². The van der Waals surface area contributed by atoms with Crippen molar-refractivity contribution in [1.82, 2.24) is 14.8 Å². The summed E-state index contributed by atoms with van der Waals surface area (Å²) in [5, 5.41) is 16.3. The predicted molar refractivity (Wildman–Crippen MR) is 65.1 cm³/mol. The molecule has 2 aromatic heterocycles. The highest BCUT2D eigenvalue weighted by atomic mass is 35.5. The van der Waals surface area contributed by atoms with E-state index in [2.05, 4.69) is 15.4 Å². The van der Waals surface area contributed by atoms with Crippen LogP contribution in [0.15, 0.2) is 24.7 Å². The van der Waals surface area contributed by atoms with E-state index in [0.717, 1.165) is 12.2 Å². The molecule has 0 bridgehead atoms. The molecule has 0 saturated heterocycles. The molecule has 86 valence electrons. The number of nitrogens with one attached hydrogen (secondary N) is 1. The lowest BCUT2D eigenvalue weighted by Gasteiger charge is -2.05. The van der Waals surface area contributed by atoms with Crippen LogP contribution in [0.3, 0.4) is 0 Å². The number of nitrogens with zero attached hydrogens (tertiary/aromatic N) is 4. The molecule has 2 rings (SSSR count). The van der Waals surface area contributed by atoms with Crippen molar-refractivity contribution in [2.24, 2.45) is 0 Å². The van der Waals surface area contributed by atoms with E-state index in [-0.39, 0.29) is 0 Å². The highest BCUT2D eigenvalue weighted by molar-refractivity contribution is 6.34. The first-order chi connectivity index (χ1) is 8.24. The molecule has 0 aliphatic rings. The molecule has 2 heterocycles. The average Bonchev–Trinajstić information content (AvgIpc) is 2.79.